The van der Waals surface area contributed by atoms with Crippen molar-refractivity contribution in [3.63, 3.8) is 0 Å². The highest BCUT2D eigenvalue weighted by Gasteiger charge is 2.33. The van der Waals surface area contributed by atoms with Gasteiger partial charge in [0.15, 0.2) is 0 Å². The minimum atomic E-state index is 0.163. The summed E-state index contributed by atoms with van der Waals surface area (Å²) in [5, 5.41) is 3.25. The number of hydrogen-bond acceptors (Lipinski definition) is 3. The van der Waals surface area contributed by atoms with Gasteiger partial charge in [0.2, 0.25) is 5.91 Å². The van der Waals surface area contributed by atoms with Crippen molar-refractivity contribution in [3.05, 3.63) is 71.3 Å². The van der Waals surface area contributed by atoms with E-state index in [4.69, 9.17) is 4.74 Å². The maximum atomic E-state index is 12.9. The lowest BCUT2D eigenvalue weighted by Gasteiger charge is -2.35. The molecule has 2 aliphatic rings. The van der Waals surface area contributed by atoms with Crippen LogP contribution in [0, 0.1) is 12.8 Å². The van der Waals surface area contributed by atoms with Crippen molar-refractivity contribution in [1.29, 1.82) is 0 Å². The van der Waals surface area contributed by atoms with Crippen LogP contribution in [0.1, 0.15) is 47.9 Å². The van der Waals surface area contributed by atoms with E-state index in [-0.39, 0.29) is 11.9 Å². The van der Waals surface area contributed by atoms with E-state index < -0.39 is 0 Å². The number of amides is 1. The fraction of sp³-hybridized carbons (Fsp3) is 0.480. The number of carbonyl (C=O) groups excluding carboxylic acids is 1. The predicted octanol–water partition coefficient (Wildman–Crippen LogP) is 4.07. The highest BCUT2D eigenvalue weighted by Crippen LogP contribution is 2.44. The maximum absolute atomic E-state index is 12.9. The lowest BCUT2D eigenvalue weighted by molar-refractivity contribution is -0.122. The van der Waals surface area contributed by atoms with Gasteiger partial charge in [-0.15, -0.1) is 0 Å². The quantitative estimate of drug-likeness (QED) is 0.736. The van der Waals surface area contributed by atoms with Crippen molar-refractivity contribution in [1.82, 2.24) is 10.2 Å². The molecule has 2 aromatic rings. The molecular weight excluding hydrogens is 360 g/mol. The van der Waals surface area contributed by atoms with Gasteiger partial charge >= 0.3 is 0 Å². The zero-order valence-corrected chi connectivity index (χ0v) is 17.3. The Morgan fingerprint density at radius 2 is 1.72 bits per heavy atom. The first-order chi connectivity index (χ1) is 14.2. The van der Waals surface area contributed by atoms with Gasteiger partial charge in [-0.1, -0.05) is 60.2 Å². The molecule has 4 nitrogen and oxygen atoms in total. The summed E-state index contributed by atoms with van der Waals surface area (Å²) in [5.41, 5.74) is 3.82. The molecule has 2 fully saturated rings. The second-order valence-electron chi connectivity index (χ2n) is 8.44. The molecule has 4 rings (SSSR count). The summed E-state index contributed by atoms with van der Waals surface area (Å²) < 4.78 is 5.54. The summed E-state index contributed by atoms with van der Waals surface area (Å²) >= 11 is 0. The second kappa shape index (κ2) is 9.55. The normalized spacial score (nSPS) is 19.5. The number of aryl methyl sites for hydroxylation is 1. The molecule has 1 N–H and O–H groups in total. The highest BCUT2D eigenvalue weighted by atomic mass is 16.5. The van der Waals surface area contributed by atoms with E-state index in [0.717, 1.165) is 26.3 Å². The summed E-state index contributed by atoms with van der Waals surface area (Å²) in [7, 11) is 0. The van der Waals surface area contributed by atoms with E-state index in [2.05, 4.69) is 65.7 Å². The first-order valence-electron chi connectivity index (χ1n) is 10.9. The van der Waals surface area contributed by atoms with Crippen LogP contribution in [0.3, 0.4) is 0 Å². The van der Waals surface area contributed by atoms with E-state index >= 15 is 0 Å². The van der Waals surface area contributed by atoms with E-state index in [1.807, 2.05) is 6.07 Å². The van der Waals surface area contributed by atoms with Crippen LogP contribution in [-0.2, 0) is 9.53 Å². The summed E-state index contributed by atoms with van der Waals surface area (Å²) in [6.07, 6.45) is 3.07. The van der Waals surface area contributed by atoms with Gasteiger partial charge in [-0.3, -0.25) is 9.69 Å². The van der Waals surface area contributed by atoms with Crippen LogP contribution in [0.25, 0.3) is 0 Å². The number of nitrogens with zero attached hydrogens (tertiary/aromatic N) is 1. The van der Waals surface area contributed by atoms with Crippen LogP contribution in [0.15, 0.2) is 54.6 Å². The molecule has 1 saturated carbocycles. The van der Waals surface area contributed by atoms with Crippen molar-refractivity contribution >= 4 is 5.91 Å². The maximum Gasteiger partial charge on any atom is 0.220 e. The van der Waals surface area contributed by atoms with Crippen LogP contribution in [-0.4, -0.2) is 43.7 Å². The van der Waals surface area contributed by atoms with E-state index in [1.54, 1.807) is 0 Å². The van der Waals surface area contributed by atoms with Crippen molar-refractivity contribution in [2.75, 3.05) is 32.8 Å². The number of ether oxygens (including phenoxy) is 1. The molecule has 1 aliphatic carbocycles. The van der Waals surface area contributed by atoms with Gasteiger partial charge in [0.25, 0.3) is 0 Å². The molecule has 29 heavy (non-hydrogen) atoms. The Labute approximate surface area is 174 Å². The molecule has 1 saturated heterocycles. The van der Waals surface area contributed by atoms with Crippen LogP contribution in [0.2, 0.25) is 0 Å². The molecule has 0 aromatic heterocycles. The van der Waals surface area contributed by atoms with Crippen LogP contribution in [0.4, 0.5) is 0 Å². The Balaban J connectivity index is 1.40. The lowest BCUT2D eigenvalue weighted by Crippen LogP contribution is -2.44. The smallest absolute Gasteiger partial charge is 0.220 e. The predicted molar refractivity (Wildman–Crippen MR) is 116 cm³/mol. The molecule has 0 bridgehead atoms. The number of benzene rings is 2. The summed E-state index contributed by atoms with van der Waals surface area (Å²) in [6.45, 7) is 6.08. The van der Waals surface area contributed by atoms with Crippen LogP contribution >= 0.6 is 0 Å². The summed E-state index contributed by atoms with van der Waals surface area (Å²) in [4.78, 5) is 15.3. The Morgan fingerprint density at radius 1 is 1.03 bits per heavy atom. The van der Waals surface area contributed by atoms with Crippen LogP contribution in [0.5, 0.6) is 0 Å². The molecule has 0 radical (unpaired) electrons. The third-order valence-electron chi connectivity index (χ3n) is 6.27. The third kappa shape index (κ3) is 5.46. The first-order valence-corrected chi connectivity index (χ1v) is 10.9. The summed E-state index contributed by atoms with van der Waals surface area (Å²) in [6, 6.07) is 19.4. The lowest BCUT2D eigenvalue weighted by atomic mass is 9.90. The number of rotatable bonds is 8. The van der Waals surface area contributed by atoms with Gasteiger partial charge in [-0.2, -0.15) is 0 Å². The van der Waals surface area contributed by atoms with Crippen molar-refractivity contribution in [2.24, 2.45) is 5.92 Å². The highest BCUT2D eigenvalue weighted by molar-refractivity contribution is 5.77. The molecule has 2 unspecified atom stereocenters. The Morgan fingerprint density at radius 3 is 2.38 bits per heavy atom. The van der Waals surface area contributed by atoms with Crippen molar-refractivity contribution in [3.8, 4) is 0 Å². The van der Waals surface area contributed by atoms with E-state index in [0.29, 0.717) is 24.8 Å². The number of nitrogens with one attached hydrogen (secondary N) is 1. The zero-order chi connectivity index (χ0) is 20.1. The Kier molecular flexibility index (Phi) is 6.63. The SMILES string of the molecule is Cc1ccc(C(CNC(=O)CC(c2ccccc2)C2CC2)N2CCOCC2)cc1. The van der Waals surface area contributed by atoms with E-state index in [1.165, 1.54) is 29.5 Å². The van der Waals surface area contributed by atoms with Crippen molar-refractivity contribution < 1.29 is 9.53 Å². The Hall–Kier alpha value is -2.17. The molecule has 1 aliphatic heterocycles. The van der Waals surface area contributed by atoms with Gasteiger partial charge in [0.05, 0.1) is 19.3 Å². The molecule has 2 atom stereocenters. The van der Waals surface area contributed by atoms with Crippen molar-refractivity contribution in [2.45, 2.75) is 38.1 Å². The molecule has 154 valence electrons. The fourth-order valence-electron chi connectivity index (χ4n) is 4.37. The zero-order valence-electron chi connectivity index (χ0n) is 17.3. The van der Waals surface area contributed by atoms with Gasteiger partial charge < -0.3 is 10.1 Å². The summed E-state index contributed by atoms with van der Waals surface area (Å²) in [5.74, 6) is 1.17. The molecule has 2 aromatic carbocycles. The van der Waals surface area contributed by atoms with Gasteiger partial charge in [0, 0.05) is 26.1 Å². The van der Waals surface area contributed by atoms with Crippen LogP contribution < -0.4 is 5.32 Å². The molecule has 1 amide bonds. The fourth-order valence-corrected chi connectivity index (χ4v) is 4.37. The van der Waals surface area contributed by atoms with Gasteiger partial charge in [-0.25, -0.2) is 0 Å². The largest absolute Gasteiger partial charge is 0.379 e. The minimum absolute atomic E-state index is 0.163. The van der Waals surface area contributed by atoms with E-state index in [9.17, 15) is 4.79 Å². The standard InChI is InChI=1S/C25H32N2O2/c1-19-7-9-22(10-8-19)24(27-13-15-29-16-14-27)18-26-25(28)17-23(21-11-12-21)20-5-3-2-4-6-20/h2-10,21,23-24H,11-18H2,1H3,(H,26,28). The molecule has 4 heteroatoms. The number of hydrogen-bond donors (Lipinski definition) is 1. The molecule has 1 heterocycles. The number of morpholine rings is 1. The average molecular weight is 393 g/mol. The minimum Gasteiger partial charge on any atom is -0.379 e. The second-order valence-corrected chi connectivity index (χ2v) is 8.44. The van der Waals surface area contributed by atoms with Gasteiger partial charge in [-0.05, 0) is 42.7 Å². The topological polar surface area (TPSA) is 41.6 Å². The Bertz CT molecular complexity index is 780. The average Bonchev–Trinajstić information content (AvgIpc) is 3.60. The third-order valence-corrected chi connectivity index (χ3v) is 6.27. The molecule has 0 spiro atoms. The van der Waals surface area contributed by atoms with Gasteiger partial charge in [0.1, 0.15) is 0 Å². The molecular formula is C25H32N2O2. The monoisotopic (exact) mass is 392 g/mol. The first kappa shape index (κ1) is 20.1. The number of carbonyl (C=O) groups is 1.